The van der Waals surface area contributed by atoms with E-state index in [9.17, 15) is 9.59 Å². The number of carbonyl (C=O) groups excluding carboxylic acids is 2. The van der Waals surface area contributed by atoms with Crippen LogP contribution in [-0.4, -0.2) is 49.5 Å². The van der Waals surface area contributed by atoms with Crippen LogP contribution in [0, 0.1) is 6.92 Å². The first-order chi connectivity index (χ1) is 14.0. The third-order valence-electron chi connectivity index (χ3n) is 5.83. The van der Waals surface area contributed by atoms with E-state index in [4.69, 9.17) is 14.2 Å². The zero-order chi connectivity index (χ0) is 20.6. The quantitative estimate of drug-likeness (QED) is 0.794. The highest BCUT2D eigenvalue weighted by Gasteiger charge is 2.45. The van der Waals surface area contributed by atoms with Gasteiger partial charge in [-0.25, -0.2) is 0 Å². The molecule has 0 N–H and O–H groups in total. The predicted molar refractivity (Wildman–Crippen MR) is 108 cm³/mol. The minimum atomic E-state index is -0.618. The van der Waals surface area contributed by atoms with Crippen LogP contribution >= 0.6 is 0 Å². The van der Waals surface area contributed by atoms with Gasteiger partial charge >= 0.3 is 0 Å². The predicted octanol–water partition coefficient (Wildman–Crippen LogP) is 3.65. The van der Waals surface area contributed by atoms with Crippen LogP contribution < -0.4 is 14.2 Å². The highest BCUT2D eigenvalue weighted by molar-refractivity contribution is 6.01. The van der Waals surface area contributed by atoms with Crippen molar-refractivity contribution in [2.45, 2.75) is 31.8 Å². The van der Waals surface area contributed by atoms with Gasteiger partial charge in [0.25, 0.3) is 5.91 Å². The number of Topliss-reactive ketones (excluding diaryl/α,β-unsaturated/α-hetero) is 1. The summed E-state index contributed by atoms with van der Waals surface area (Å²) in [6.07, 6.45) is 1.49. The zero-order valence-electron chi connectivity index (χ0n) is 17.0. The second-order valence-electron chi connectivity index (χ2n) is 7.72. The Morgan fingerprint density at radius 3 is 2.52 bits per heavy atom. The molecule has 6 nitrogen and oxygen atoms in total. The highest BCUT2D eigenvalue weighted by atomic mass is 16.5. The Hall–Kier alpha value is -3.02. The molecule has 2 heterocycles. The van der Waals surface area contributed by atoms with Crippen molar-refractivity contribution in [1.29, 1.82) is 0 Å². The lowest BCUT2D eigenvalue weighted by Gasteiger charge is -2.44. The Kier molecular flexibility index (Phi) is 4.94. The Morgan fingerprint density at radius 1 is 1.10 bits per heavy atom. The molecule has 0 aliphatic carbocycles. The van der Waals surface area contributed by atoms with Gasteiger partial charge in [-0.3, -0.25) is 9.59 Å². The minimum absolute atomic E-state index is 0.0188. The Morgan fingerprint density at radius 2 is 1.86 bits per heavy atom. The number of fused-ring (bicyclic) bond motifs is 1. The van der Waals surface area contributed by atoms with Crippen molar-refractivity contribution in [2.75, 3.05) is 27.3 Å². The van der Waals surface area contributed by atoms with E-state index < -0.39 is 5.60 Å². The van der Waals surface area contributed by atoms with Crippen LogP contribution in [0.15, 0.2) is 36.4 Å². The van der Waals surface area contributed by atoms with Gasteiger partial charge in [0, 0.05) is 31.5 Å². The van der Waals surface area contributed by atoms with Crippen molar-refractivity contribution in [1.82, 2.24) is 4.90 Å². The van der Waals surface area contributed by atoms with E-state index in [0.29, 0.717) is 60.7 Å². The van der Waals surface area contributed by atoms with E-state index in [-0.39, 0.29) is 11.7 Å². The Balaban J connectivity index is 1.55. The first kappa shape index (κ1) is 19.3. The largest absolute Gasteiger partial charge is 0.493 e. The Labute approximate surface area is 170 Å². The molecular formula is C23H25NO5. The summed E-state index contributed by atoms with van der Waals surface area (Å²) in [5, 5.41) is 0. The van der Waals surface area contributed by atoms with Crippen LogP contribution in [0.3, 0.4) is 0 Å². The summed E-state index contributed by atoms with van der Waals surface area (Å²) in [5.74, 6) is 1.47. The SMILES string of the molecule is COc1ccc2c(c1OC)OC1(CCN(C(=O)c3cccc(C)c3)CC1)CC2=O. The standard InChI is InChI=1S/C23H25NO5/c1-15-5-4-6-16(13-15)22(26)24-11-9-23(10-12-24)14-18(25)17-7-8-19(27-2)21(28-3)20(17)29-23/h4-8,13H,9-12,14H2,1-3H3. The van der Waals surface area contributed by atoms with E-state index in [1.54, 1.807) is 19.2 Å². The number of ether oxygens (including phenoxy) is 3. The topological polar surface area (TPSA) is 65.1 Å². The first-order valence-electron chi connectivity index (χ1n) is 9.79. The van der Waals surface area contributed by atoms with Gasteiger partial charge in [-0.15, -0.1) is 0 Å². The van der Waals surface area contributed by atoms with Crippen LogP contribution in [0.2, 0.25) is 0 Å². The number of piperidine rings is 1. The summed E-state index contributed by atoms with van der Waals surface area (Å²) in [4.78, 5) is 27.5. The average Bonchev–Trinajstić information content (AvgIpc) is 2.73. The molecule has 0 aromatic heterocycles. The number of methoxy groups -OCH3 is 2. The summed E-state index contributed by atoms with van der Waals surface area (Å²) in [6, 6.07) is 11.1. The van der Waals surface area contributed by atoms with Crippen molar-refractivity contribution >= 4 is 11.7 Å². The lowest BCUT2D eigenvalue weighted by atomic mass is 9.82. The second-order valence-corrected chi connectivity index (χ2v) is 7.72. The molecule has 2 aliphatic rings. The van der Waals surface area contributed by atoms with Crippen molar-refractivity contribution in [2.24, 2.45) is 0 Å². The molecule has 0 unspecified atom stereocenters. The molecule has 4 rings (SSSR count). The van der Waals surface area contributed by atoms with Crippen molar-refractivity contribution in [3.63, 3.8) is 0 Å². The highest BCUT2D eigenvalue weighted by Crippen LogP contribution is 2.47. The first-order valence-corrected chi connectivity index (χ1v) is 9.79. The monoisotopic (exact) mass is 395 g/mol. The third kappa shape index (κ3) is 3.43. The molecule has 6 heteroatoms. The molecule has 2 aromatic carbocycles. The fourth-order valence-corrected chi connectivity index (χ4v) is 4.22. The van der Waals surface area contributed by atoms with E-state index in [1.165, 1.54) is 7.11 Å². The number of nitrogens with zero attached hydrogens (tertiary/aromatic N) is 1. The molecule has 152 valence electrons. The second kappa shape index (κ2) is 7.43. The molecule has 1 amide bonds. The molecule has 0 bridgehead atoms. The summed E-state index contributed by atoms with van der Waals surface area (Å²) in [7, 11) is 3.09. The molecule has 1 spiro atoms. The maximum atomic E-state index is 12.9. The molecule has 1 fully saturated rings. The number of carbonyl (C=O) groups is 2. The summed E-state index contributed by atoms with van der Waals surface area (Å²) in [6.45, 7) is 3.06. The number of benzene rings is 2. The number of likely N-dealkylation sites (tertiary alicyclic amines) is 1. The van der Waals surface area contributed by atoms with Gasteiger partial charge in [-0.05, 0) is 31.2 Å². The smallest absolute Gasteiger partial charge is 0.253 e. The molecule has 0 atom stereocenters. The number of hydrogen-bond donors (Lipinski definition) is 0. The van der Waals surface area contributed by atoms with Crippen LogP contribution in [0.4, 0.5) is 0 Å². The summed E-state index contributed by atoms with van der Waals surface area (Å²) < 4.78 is 17.2. The van der Waals surface area contributed by atoms with Gasteiger partial charge in [-0.1, -0.05) is 17.7 Å². The zero-order valence-corrected chi connectivity index (χ0v) is 17.0. The van der Waals surface area contributed by atoms with Crippen LogP contribution in [0.1, 0.15) is 45.5 Å². The maximum absolute atomic E-state index is 12.9. The molecule has 2 aromatic rings. The number of hydrogen-bond acceptors (Lipinski definition) is 5. The number of aryl methyl sites for hydroxylation is 1. The van der Waals surface area contributed by atoms with Crippen LogP contribution in [-0.2, 0) is 0 Å². The van der Waals surface area contributed by atoms with Gasteiger partial charge in [-0.2, -0.15) is 0 Å². The van der Waals surface area contributed by atoms with E-state index in [1.807, 2.05) is 36.1 Å². The van der Waals surface area contributed by atoms with Gasteiger partial charge in [0.05, 0.1) is 26.2 Å². The lowest BCUT2D eigenvalue weighted by Crippen LogP contribution is -2.52. The molecule has 1 saturated heterocycles. The van der Waals surface area contributed by atoms with Crippen molar-refractivity contribution < 1.29 is 23.8 Å². The molecule has 2 aliphatic heterocycles. The normalized spacial score (nSPS) is 17.5. The maximum Gasteiger partial charge on any atom is 0.253 e. The van der Waals surface area contributed by atoms with Gasteiger partial charge < -0.3 is 19.1 Å². The number of amides is 1. The molecular weight excluding hydrogens is 370 g/mol. The number of ketones is 1. The number of rotatable bonds is 3. The van der Waals surface area contributed by atoms with Crippen molar-refractivity contribution in [3.05, 3.63) is 53.1 Å². The summed E-state index contributed by atoms with van der Waals surface area (Å²) in [5.41, 5.74) is 1.65. The van der Waals surface area contributed by atoms with Crippen LogP contribution in [0.5, 0.6) is 17.2 Å². The van der Waals surface area contributed by atoms with E-state index in [2.05, 4.69) is 0 Å². The fourth-order valence-electron chi connectivity index (χ4n) is 4.22. The third-order valence-corrected chi connectivity index (χ3v) is 5.83. The van der Waals surface area contributed by atoms with E-state index >= 15 is 0 Å². The fraction of sp³-hybridized carbons (Fsp3) is 0.391. The van der Waals surface area contributed by atoms with E-state index in [0.717, 1.165) is 5.56 Å². The minimum Gasteiger partial charge on any atom is -0.493 e. The Bertz CT molecular complexity index is 960. The summed E-state index contributed by atoms with van der Waals surface area (Å²) >= 11 is 0. The molecule has 29 heavy (non-hydrogen) atoms. The van der Waals surface area contributed by atoms with Gasteiger partial charge in [0.1, 0.15) is 5.60 Å². The van der Waals surface area contributed by atoms with Crippen molar-refractivity contribution in [3.8, 4) is 17.2 Å². The average molecular weight is 395 g/mol. The van der Waals surface area contributed by atoms with Gasteiger partial charge in [0.2, 0.25) is 5.75 Å². The molecule has 0 radical (unpaired) electrons. The van der Waals surface area contributed by atoms with Crippen LogP contribution in [0.25, 0.3) is 0 Å². The molecule has 0 saturated carbocycles. The lowest BCUT2D eigenvalue weighted by molar-refractivity contribution is -0.00746. The van der Waals surface area contributed by atoms with Gasteiger partial charge in [0.15, 0.2) is 17.3 Å².